The molecule has 4 nitrogen and oxygen atoms in total. The molecule has 0 aliphatic heterocycles. The first kappa shape index (κ1) is 16.5. The highest BCUT2D eigenvalue weighted by Gasteiger charge is 2.37. The van der Waals surface area contributed by atoms with Crippen LogP contribution in [0.25, 0.3) is 0 Å². The largest absolute Gasteiger partial charge is 0.367 e. The summed E-state index contributed by atoms with van der Waals surface area (Å²) in [6.07, 6.45) is 0.480. The normalized spacial score (nSPS) is 13.2. The predicted molar refractivity (Wildman–Crippen MR) is 76.7 cm³/mol. The van der Waals surface area contributed by atoms with Crippen molar-refractivity contribution in [3.05, 3.63) is 46.0 Å². The second kappa shape index (κ2) is 7.90. The molecule has 0 heterocycles. The molecule has 19 heavy (non-hydrogen) atoms. The van der Waals surface area contributed by atoms with Gasteiger partial charge in [0, 0.05) is 11.5 Å². The van der Waals surface area contributed by atoms with E-state index in [1.165, 1.54) is 5.56 Å². The molecule has 0 saturated heterocycles. The molecule has 0 saturated carbocycles. The Bertz CT molecular complexity index is 395. The first-order valence-electron chi connectivity index (χ1n) is 5.73. The maximum Gasteiger partial charge on any atom is 0.233 e. The van der Waals surface area contributed by atoms with E-state index < -0.39 is 21.4 Å². The van der Waals surface area contributed by atoms with Gasteiger partial charge in [-0.3, -0.25) is 10.1 Å². The van der Waals surface area contributed by atoms with Gasteiger partial charge in [-0.25, -0.2) is 0 Å². The van der Waals surface area contributed by atoms with Crippen molar-refractivity contribution in [1.29, 1.82) is 0 Å². The molecule has 106 valence electrons. The fourth-order valence-electron chi connectivity index (χ4n) is 1.53. The van der Waals surface area contributed by atoms with E-state index in [1.807, 2.05) is 30.3 Å². The first-order valence-corrected chi connectivity index (χ1v) is 6.87. The molecule has 0 amide bonds. The minimum absolute atomic E-state index is 0.307. The topological polar surface area (TPSA) is 52.4 Å². The Kier molecular flexibility index (Phi) is 6.86. The third kappa shape index (κ3) is 6.97. The minimum atomic E-state index is -1.79. The molecule has 0 unspecified atom stereocenters. The predicted octanol–water partition coefficient (Wildman–Crippen LogP) is 3.65. The maximum atomic E-state index is 10.5. The average molecular weight is 327 g/mol. The number of benzene rings is 1. The monoisotopic (exact) mass is 325 g/mol. The van der Waals surface area contributed by atoms with Crippen LogP contribution < -0.4 is 0 Å². The fraction of sp³-hybridized carbons (Fsp3) is 0.500. The second-order valence-corrected chi connectivity index (χ2v) is 6.37. The van der Waals surface area contributed by atoms with Crippen LogP contribution in [0.1, 0.15) is 12.0 Å². The Hall–Kier alpha value is -0.550. The molecule has 0 radical (unpaired) electrons. The van der Waals surface area contributed by atoms with E-state index in [1.54, 1.807) is 0 Å². The van der Waals surface area contributed by atoms with E-state index in [-0.39, 0.29) is 0 Å². The van der Waals surface area contributed by atoms with Gasteiger partial charge in [-0.05, 0) is 18.4 Å². The molecule has 0 aromatic heterocycles. The smallest absolute Gasteiger partial charge is 0.233 e. The van der Waals surface area contributed by atoms with Gasteiger partial charge < -0.3 is 4.74 Å². The minimum Gasteiger partial charge on any atom is -0.367 e. The van der Waals surface area contributed by atoms with Gasteiger partial charge in [0.1, 0.15) is 0 Å². The molecule has 0 spiro atoms. The Morgan fingerprint density at radius 2 is 1.89 bits per heavy atom. The summed E-state index contributed by atoms with van der Waals surface area (Å²) in [5, 5.41) is 10.5. The van der Waals surface area contributed by atoms with Crippen molar-refractivity contribution in [1.82, 2.24) is 0 Å². The van der Waals surface area contributed by atoms with Gasteiger partial charge in [0.15, 0.2) is 6.10 Å². The summed E-state index contributed by atoms with van der Waals surface area (Å²) in [6.45, 7) is -0.219. The van der Waals surface area contributed by atoms with Gasteiger partial charge in [-0.15, -0.1) is 0 Å². The van der Waals surface area contributed by atoms with Crippen molar-refractivity contribution in [3.8, 4) is 0 Å². The van der Waals surface area contributed by atoms with Crippen LogP contribution in [0, 0.1) is 10.1 Å². The number of hydrogen-bond acceptors (Lipinski definition) is 3. The number of nitro groups is 1. The summed E-state index contributed by atoms with van der Waals surface area (Å²) in [7, 11) is 0. The van der Waals surface area contributed by atoms with E-state index in [0.29, 0.717) is 13.0 Å². The Balaban J connectivity index is 2.34. The highest BCUT2D eigenvalue weighted by molar-refractivity contribution is 6.68. The van der Waals surface area contributed by atoms with Crippen molar-refractivity contribution in [2.45, 2.75) is 22.7 Å². The molecular weight excluding hydrogens is 312 g/mol. The van der Waals surface area contributed by atoms with Crippen LogP contribution in [0.2, 0.25) is 0 Å². The molecule has 0 aliphatic carbocycles. The number of halogens is 3. The summed E-state index contributed by atoms with van der Waals surface area (Å²) in [5.41, 5.74) is 1.17. The number of nitrogens with zero attached hydrogens (tertiary/aromatic N) is 1. The number of hydrogen-bond donors (Lipinski definition) is 0. The van der Waals surface area contributed by atoms with Crippen LogP contribution in [0.4, 0.5) is 0 Å². The summed E-state index contributed by atoms with van der Waals surface area (Å²) in [6, 6.07) is 9.85. The van der Waals surface area contributed by atoms with E-state index in [4.69, 9.17) is 39.5 Å². The van der Waals surface area contributed by atoms with Crippen LogP contribution in [-0.2, 0) is 11.2 Å². The molecule has 1 aromatic carbocycles. The first-order chi connectivity index (χ1) is 8.89. The zero-order valence-electron chi connectivity index (χ0n) is 10.1. The maximum absolute atomic E-state index is 10.5. The SMILES string of the molecule is O=[N+]([O-])C[C@H](OCCCc1ccccc1)C(Cl)(Cl)Cl. The lowest BCUT2D eigenvalue weighted by Crippen LogP contribution is -2.36. The van der Waals surface area contributed by atoms with E-state index >= 15 is 0 Å². The third-order valence-corrected chi connectivity index (χ3v) is 3.18. The van der Waals surface area contributed by atoms with E-state index in [0.717, 1.165) is 6.42 Å². The summed E-state index contributed by atoms with van der Waals surface area (Å²) < 4.78 is 3.51. The zero-order chi connectivity index (χ0) is 14.3. The van der Waals surface area contributed by atoms with Crippen molar-refractivity contribution < 1.29 is 9.66 Å². The summed E-state index contributed by atoms with van der Waals surface area (Å²) in [4.78, 5) is 9.91. The molecule has 1 rings (SSSR count). The molecule has 0 N–H and O–H groups in total. The molecule has 7 heteroatoms. The lowest BCUT2D eigenvalue weighted by molar-refractivity contribution is -0.491. The number of rotatable bonds is 7. The fourth-order valence-corrected chi connectivity index (χ4v) is 1.93. The molecule has 0 bridgehead atoms. The van der Waals surface area contributed by atoms with Crippen LogP contribution in [0.5, 0.6) is 0 Å². The number of aryl methyl sites for hydroxylation is 1. The van der Waals surface area contributed by atoms with Crippen LogP contribution in [0.3, 0.4) is 0 Å². The Morgan fingerprint density at radius 3 is 2.42 bits per heavy atom. The summed E-state index contributed by atoms with van der Waals surface area (Å²) in [5.74, 6) is 0. The molecule has 1 aromatic rings. The van der Waals surface area contributed by atoms with Crippen LogP contribution >= 0.6 is 34.8 Å². The Morgan fingerprint density at radius 1 is 1.26 bits per heavy atom. The molecule has 0 fully saturated rings. The van der Waals surface area contributed by atoms with Crippen molar-refractivity contribution in [2.75, 3.05) is 13.2 Å². The van der Waals surface area contributed by atoms with Crippen LogP contribution in [-0.4, -0.2) is 28.0 Å². The Labute approximate surface area is 126 Å². The van der Waals surface area contributed by atoms with E-state index in [2.05, 4.69) is 0 Å². The van der Waals surface area contributed by atoms with Gasteiger partial charge in [0.05, 0.1) is 0 Å². The van der Waals surface area contributed by atoms with Gasteiger partial charge >= 0.3 is 0 Å². The summed E-state index contributed by atoms with van der Waals surface area (Å²) >= 11 is 16.9. The lowest BCUT2D eigenvalue weighted by Gasteiger charge is -2.21. The van der Waals surface area contributed by atoms with Crippen LogP contribution in [0.15, 0.2) is 30.3 Å². The van der Waals surface area contributed by atoms with Gasteiger partial charge in [-0.2, -0.15) is 0 Å². The highest BCUT2D eigenvalue weighted by Crippen LogP contribution is 2.32. The van der Waals surface area contributed by atoms with E-state index in [9.17, 15) is 10.1 Å². The lowest BCUT2D eigenvalue weighted by atomic mass is 10.1. The van der Waals surface area contributed by atoms with Crippen molar-refractivity contribution in [2.24, 2.45) is 0 Å². The number of alkyl halides is 3. The van der Waals surface area contributed by atoms with Crippen molar-refractivity contribution in [3.63, 3.8) is 0 Å². The molecular formula is C12H14Cl3NO3. The highest BCUT2D eigenvalue weighted by atomic mass is 35.6. The third-order valence-electron chi connectivity index (χ3n) is 2.45. The quantitative estimate of drug-likeness (QED) is 0.332. The zero-order valence-corrected chi connectivity index (χ0v) is 12.4. The van der Waals surface area contributed by atoms with Gasteiger partial charge in [0.2, 0.25) is 10.3 Å². The number of ether oxygens (including phenoxy) is 1. The molecule has 1 atom stereocenters. The van der Waals surface area contributed by atoms with Gasteiger partial charge in [0.25, 0.3) is 0 Å². The van der Waals surface area contributed by atoms with Crippen molar-refractivity contribution >= 4 is 34.8 Å². The van der Waals surface area contributed by atoms with Gasteiger partial charge in [-0.1, -0.05) is 65.1 Å². The second-order valence-electron chi connectivity index (χ2n) is 4.01. The molecule has 0 aliphatic rings. The standard InChI is InChI=1S/C12H14Cl3NO3/c13-12(14,15)11(9-16(17)18)19-8-4-7-10-5-2-1-3-6-10/h1-3,5-6,11H,4,7-9H2/t11-/m0/s1. The average Bonchev–Trinajstić information content (AvgIpc) is 2.32.